The maximum absolute atomic E-state index is 5.83. The van der Waals surface area contributed by atoms with E-state index in [1.165, 1.54) is 24.1 Å². The number of aromatic nitrogens is 4. The summed E-state index contributed by atoms with van der Waals surface area (Å²) in [5.41, 5.74) is 2.86. The van der Waals surface area contributed by atoms with Crippen molar-refractivity contribution >= 4 is 0 Å². The summed E-state index contributed by atoms with van der Waals surface area (Å²) < 4.78 is 13.3. The number of fused-ring (bicyclic) bond motifs is 1. The first-order valence-electron chi connectivity index (χ1n) is 9.18. The molecule has 134 valence electrons. The van der Waals surface area contributed by atoms with Crippen molar-refractivity contribution in [3.63, 3.8) is 0 Å². The molecule has 0 spiro atoms. The van der Waals surface area contributed by atoms with Gasteiger partial charge in [-0.25, -0.2) is 0 Å². The highest BCUT2D eigenvalue weighted by Gasteiger charge is 2.37. The molecule has 3 aliphatic rings. The van der Waals surface area contributed by atoms with Gasteiger partial charge >= 0.3 is 0 Å². The third-order valence-electron chi connectivity index (χ3n) is 5.58. The fourth-order valence-corrected chi connectivity index (χ4v) is 4.20. The second-order valence-corrected chi connectivity index (χ2v) is 7.33. The summed E-state index contributed by atoms with van der Waals surface area (Å²) in [6.07, 6.45) is 4.39. The third kappa shape index (κ3) is 2.88. The van der Waals surface area contributed by atoms with Crippen LogP contribution in [0.4, 0.5) is 0 Å². The van der Waals surface area contributed by atoms with E-state index in [0.717, 1.165) is 45.9 Å². The van der Waals surface area contributed by atoms with Crippen LogP contribution in [-0.4, -0.2) is 68.5 Å². The van der Waals surface area contributed by atoms with Crippen molar-refractivity contribution in [2.45, 2.75) is 45.0 Å². The van der Waals surface area contributed by atoms with Crippen LogP contribution in [0.1, 0.15) is 35.5 Å². The third-order valence-corrected chi connectivity index (χ3v) is 5.58. The molecule has 3 aliphatic heterocycles. The molecule has 0 aliphatic carbocycles. The molecule has 0 saturated carbocycles. The van der Waals surface area contributed by atoms with Gasteiger partial charge in [0.2, 0.25) is 0 Å². The molecule has 1 unspecified atom stereocenters. The van der Waals surface area contributed by atoms with Crippen LogP contribution in [-0.2, 0) is 24.2 Å². The second kappa shape index (κ2) is 6.19. The number of morpholine rings is 1. The molecule has 25 heavy (non-hydrogen) atoms. The van der Waals surface area contributed by atoms with E-state index in [1.807, 2.05) is 6.92 Å². The zero-order valence-corrected chi connectivity index (χ0v) is 14.6. The zero-order valence-electron chi connectivity index (χ0n) is 14.6. The lowest BCUT2D eigenvalue weighted by Crippen LogP contribution is -2.61. The van der Waals surface area contributed by atoms with Crippen molar-refractivity contribution in [2.24, 2.45) is 0 Å². The normalized spacial score (nSPS) is 25.2. The number of nitrogens with zero attached hydrogens (tertiary/aromatic N) is 6. The predicted octanol–water partition coefficient (Wildman–Crippen LogP) is 0.778. The Labute approximate surface area is 146 Å². The summed E-state index contributed by atoms with van der Waals surface area (Å²) in [4.78, 5) is 9.34. The van der Waals surface area contributed by atoms with Crippen LogP contribution in [0.15, 0.2) is 10.7 Å². The Balaban J connectivity index is 1.16. The van der Waals surface area contributed by atoms with Crippen molar-refractivity contribution in [3.05, 3.63) is 29.2 Å². The van der Waals surface area contributed by atoms with Crippen molar-refractivity contribution in [1.29, 1.82) is 0 Å². The minimum atomic E-state index is -0.0945. The van der Waals surface area contributed by atoms with Gasteiger partial charge in [-0.3, -0.25) is 14.5 Å². The fourth-order valence-electron chi connectivity index (χ4n) is 4.20. The molecule has 0 amide bonds. The quantitative estimate of drug-likeness (QED) is 0.811. The standard InChI is InChI=1S/C17H24N6O2/c1-12-19-17(25-20-12)16-11-22(5-6-24-16)14-9-21(10-14)8-13-7-18-23-4-2-3-15(13)23/h7,14,16H,2-6,8-11H2,1H3. The van der Waals surface area contributed by atoms with Crippen LogP contribution in [0.25, 0.3) is 0 Å². The van der Waals surface area contributed by atoms with Crippen LogP contribution < -0.4 is 0 Å². The van der Waals surface area contributed by atoms with Gasteiger partial charge in [-0.05, 0) is 19.8 Å². The Kier molecular flexibility index (Phi) is 3.83. The maximum Gasteiger partial charge on any atom is 0.257 e. The summed E-state index contributed by atoms with van der Waals surface area (Å²) in [7, 11) is 0. The molecule has 8 heteroatoms. The molecule has 2 aromatic heterocycles. The van der Waals surface area contributed by atoms with Gasteiger partial charge < -0.3 is 9.26 Å². The predicted molar refractivity (Wildman–Crippen MR) is 88.9 cm³/mol. The zero-order chi connectivity index (χ0) is 16.8. The summed E-state index contributed by atoms with van der Waals surface area (Å²) in [6.45, 7) is 8.71. The first-order chi connectivity index (χ1) is 12.3. The Morgan fingerprint density at radius 3 is 3.00 bits per heavy atom. The van der Waals surface area contributed by atoms with E-state index in [4.69, 9.17) is 9.26 Å². The van der Waals surface area contributed by atoms with E-state index < -0.39 is 0 Å². The molecule has 0 aromatic carbocycles. The van der Waals surface area contributed by atoms with Gasteiger partial charge in [0.05, 0.1) is 12.8 Å². The van der Waals surface area contributed by atoms with Gasteiger partial charge in [0.25, 0.3) is 5.89 Å². The summed E-state index contributed by atoms with van der Waals surface area (Å²) >= 11 is 0. The van der Waals surface area contributed by atoms with Gasteiger partial charge in [-0.1, -0.05) is 5.16 Å². The number of rotatable bonds is 4. The average molecular weight is 344 g/mol. The Morgan fingerprint density at radius 1 is 1.24 bits per heavy atom. The summed E-state index contributed by atoms with van der Waals surface area (Å²) in [5, 5.41) is 8.38. The van der Waals surface area contributed by atoms with Crippen molar-refractivity contribution in [3.8, 4) is 0 Å². The topological polar surface area (TPSA) is 72.5 Å². The van der Waals surface area contributed by atoms with Gasteiger partial charge in [0.15, 0.2) is 5.82 Å². The van der Waals surface area contributed by atoms with Gasteiger partial charge in [-0.15, -0.1) is 0 Å². The van der Waals surface area contributed by atoms with Crippen LogP contribution in [0.2, 0.25) is 0 Å². The van der Waals surface area contributed by atoms with E-state index in [9.17, 15) is 0 Å². The monoisotopic (exact) mass is 344 g/mol. The summed E-state index contributed by atoms with van der Waals surface area (Å²) in [6, 6.07) is 0.596. The van der Waals surface area contributed by atoms with E-state index in [2.05, 4.69) is 35.9 Å². The molecular weight excluding hydrogens is 320 g/mol. The molecule has 8 nitrogen and oxygen atoms in total. The molecule has 0 radical (unpaired) electrons. The van der Waals surface area contributed by atoms with Crippen LogP contribution in [0, 0.1) is 6.92 Å². The molecule has 5 heterocycles. The van der Waals surface area contributed by atoms with E-state index in [0.29, 0.717) is 17.8 Å². The van der Waals surface area contributed by atoms with Crippen molar-refractivity contribution in [1.82, 2.24) is 29.7 Å². The molecule has 2 aromatic rings. The second-order valence-electron chi connectivity index (χ2n) is 7.33. The number of hydrogen-bond donors (Lipinski definition) is 0. The molecular formula is C17H24N6O2. The van der Waals surface area contributed by atoms with Crippen molar-refractivity contribution in [2.75, 3.05) is 32.8 Å². The minimum Gasteiger partial charge on any atom is -0.366 e. The Morgan fingerprint density at radius 2 is 2.16 bits per heavy atom. The molecule has 1 atom stereocenters. The van der Waals surface area contributed by atoms with Gasteiger partial charge in [0.1, 0.15) is 6.10 Å². The Hall–Kier alpha value is -1.77. The van der Waals surface area contributed by atoms with E-state index in [-0.39, 0.29) is 6.10 Å². The number of ether oxygens (including phenoxy) is 1. The molecule has 0 N–H and O–H groups in total. The first kappa shape index (κ1) is 15.5. The van der Waals surface area contributed by atoms with Crippen LogP contribution in [0.3, 0.4) is 0 Å². The fraction of sp³-hybridized carbons (Fsp3) is 0.706. The molecule has 2 saturated heterocycles. The highest BCUT2D eigenvalue weighted by Crippen LogP contribution is 2.27. The number of hydrogen-bond acceptors (Lipinski definition) is 7. The largest absolute Gasteiger partial charge is 0.366 e. The first-order valence-corrected chi connectivity index (χ1v) is 9.18. The smallest absolute Gasteiger partial charge is 0.257 e. The highest BCUT2D eigenvalue weighted by molar-refractivity contribution is 5.20. The maximum atomic E-state index is 5.83. The molecule has 2 fully saturated rings. The lowest BCUT2D eigenvalue weighted by atomic mass is 10.0. The van der Waals surface area contributed by atoms with Gasteiger partial charge in [0, 0.05) is 56.6 Å². The van der Waals surface area contributed by atoms with Crippen LogP contribution >= 0.6 is 0 Å². The van der Waals surface area contributed by atoms with E-state index in [1.54, 1.807) is 0 Å². The number of likely N-dealkylation sites (tertiary alicyclic amines) is 1. The summed E-state index contributed by atoms with van der Waals surface area (Å²) in [5.74, 6) is 1.27. The highest BCUT2D eigenvalue weighted by atomic mass is 16.5. The van der Waals surface area contributed by atoms with Gasteiger partial charge in [-0.2, -0.15) is 10.1 Å². The lowest BCUT2D eigenvalue weighted by Gasteiger charge is -2.47. The minimum absolute atomic E-state index is 0.0945. The molecule has 0 bridgehead atoms. The average Bonchev–Trinajstić information content (AvgIpc) is 3.28. The van der Waals surface area contributed by atoms with Crippen LogP contribution in [0.5, 0.6) is 0 Å². The molecule has 5 rings (SSSR count). The van der Waals surface area contributed by atoms with E-state index >= 15 is 0 Å². The number of aryl methyl sites for hydroxylation is 2. The van der Waals surface area contributed by atoms with Crippen molar-refractivity contribution < 1.29 is 9.26 Å². The Bertz CT molecular complexity index is 750. The SMILES string of the molecule is Cc1noc(C2CN(C3CN(Cc4cnn5c4CCC5)C3)CCO2)n1. The lowest BCUT2D eigenvalue weighted by molar-refractivity contribution is -0.0843.